The van der Waals surface area contributed by atoms with E-state index in [1.54, 1.807) is 66.9 Å². The number of hydrogen-bond donors (Lipinski definition) is 2. The number of benzene rings is 2. The molecule has 29 heavy (non-hydrogen) atoms. The average molecular weight is 392 g/mol. The van der Waals surface area contributed by atoms with Crippen LogP contribution in [0, 0.1) is 5.92 Å². The summed E-state index contributed by atoms with van der Waals surface area (Å²) in [5.41, 5.74) is 1.30. The Balaban J connectivity index is 1.65. The van der Waals surface area contributed by atoms with Crippen molar-refractivity contribution in [3.05, 3.63) is 83.8 Å². The fourth-order valence-corrected chi connectivity index (χ4v) is 2.63. The number of anilines is 1. The van der Waals surface area contributed by atoms with Gasteiger partial charge in [0.1, 0.15) is 11.5 Å². The Morgan fingerprint density at radius 1 is 0.966 bits per heavy atom. The molecule has 0 saturated carbocycles. The molecular formula is C23H24N2O4. The maximum absolute atomic E-state index is 12.6. The van der Waals surface area contributed by atoms with Crippen LogP contribution in [0.1, 0.15) is 40.3 Å². The first-order valence-corrected chi connectivity index (χ1v) is 9.46. The number of hydrogen-bond acceptors (Lipinski definition) is 4. The van der Waals surface area contributed by atoms with E-state index < -0.39 is 0 Å². The van der Waals surface area contributed by atoms with Crippen molar-refractivity contribution in [1.82, 2.24) is 5.32 Å². The molecule has 150 valence electrons. The van der Waals surface area contributed by atoms with Gasteiger partial charge in [0.2, 0.25) is 0 Å². The zero-order chi connectivity index (χ0) is 20.6. The van der Waals surface area contributed by atoms with Crippen molar-refractivity contribution < 1.29 is 18.7 Å². The SMILES string of the molecule is CC(C)COc1ccc(C(=O)Nc2ccccc2C(=O)NCc2ccco2)cc1. The lowest BCUT2D eigenvalue weighted by molar-refractivity contribution is 0.0949. The number of ether oxygens (including phenoxy) is 1. The summed E-state index contributed by atoms with van der Waals surface area (Å²) in [5.74, 6) is 1.20. The number of carbonyl (C=O) groups is 2. The molecule has 0 radical (unpaired) electrons. The summed E-state index contributed by atoms with van der Waals surface area (Å²) in [5, 5.41) is 5.59. The molecule has 0 unspecified atom stereocenters. The van der Waals surface area contributed by atoms with Crippen molar-refractivity contribution in [1.29, 1.82) is 0 Å². The van der Waals surface area contributed by atoms with Crippen LogP contribution >= 0.6 is 0 Å². The molecule has 0 aliphatic heterocycles. The Morgan fingerprint density at radius 3 is 2.41 bits per heavy atom. The van der Waals surface area contributed by atoms with Gasteiger partial charge in [-0.15, -0.1) is 0 Å². The topological polar surface area (TPSA) is 80.6 Å². The van der Waals surface area contributed by atoms with Crippen LogP contribution in [-0.2, 0) is 6.54 Å². The van der Waals surface area contributed by atoms with Crippen LogP contribution in [0.3, 0.4) is 0 Å². The van der Waals surface area contributed by atoms with Crippen molar-refractivity contribution >= 4 is 17.5 Å². The highest BCUT2D eigenvalue weighted by atomic mass is 16.5. The highest BCUT2D eigenvalue weighted by Crippen LogP contribution is 2.18. The van der Waals surface area contributed by atoms with E-state index >= 15 is 0 Å². The maximum Gasteiger partial charge on any atom is 0.255 e. The van der Waals surface area contributed by atoms with E-state index in [2.05, 4.69) is 24.5 Å². The van der Waals surface area contributed by atoms with Gasteiger partial charge in [-0.25, -0.2) is 0 Å². The summed E-state index contributed by atoms with van der Waals surface area (Å²) in [6, 6.07) is 17.3. The van der Waals surface area contributed by atoms with Crippen LogP contribution < -0.4 is 15.4 Å². The molecule has 0 spiro atoms. The lowest BCUT2D eigenvalue weighted by Gasteiger charge is -2.12. The minimum absolute atomic E-state index is 0.270. The van der Waals surface area contributed by atoms with Crippen molar-refractivity contribution in [2.24, 2.45) is 5.92 Å². The molecule has 0 atom stereocenters. The quantitative estimate of drug-likeness (QED) is 0.592. The van der Waals surface area contributed by atoms with E-state index in [9.17, 15) is 9.59 Å². The first-order chi connectivity index (χ1) is 14.0. The molecule has 2 amide bonds. The monoisotopic (exact) mass is 392 g/mol. The zero-order valence-electron chi connectivity index (χ0n) is 16.5. The Hall–Kier alpha value is -3.54. The smallest absolute Gasteiger partial charge is 0.255 e. The van der Waals surface area contributed by atoms with Gasteiger partial charge >= 0.3 is 0 Å². The summed E-state index contributed by atoms with van der Waals surface area (Å²) in [6.07, 6.45) is 1.55. The van der Waals surface area contributed by atoms with Crippen LogP contribution in [0.25, 0.3) is 0 Å². The van der Waals surface area contributed by atoms with E-state index in [1.807, 2.05) is 0 Å². The third kappa shape index (κ3) is 5.72. The molecule has 2 N–H and O–H groups in total. The number of nitrogens with one attached hydrogen (secondary N) is 2. The molecule has 1 aromatic heterocycles. The standard InChI is InChI=1S/C23H24N2O4/c1-16(2)15-29-18-11-9-17(10-12-18)22(26)25-21-8-4-3-7-20(21)23(27)24-14-19-6-5-13-28-19/h3-13,16H,14-15H2,1-2H3,(H,24,27)(H,25,26). The van der Waals surface area contributed by atoms with E-state index in [0.717, 1.165) is 0 Å². The second kappa shape index (κ2) is 9.59. The lowest BCUT2D eigenvalue weighted by Crippen LogP contribution is -2.24. The molecule has 0 saturated heterocycles. The molecule has 0 aliphatic carbocycles. The van der Waals surface area contributed by atoms with Crippen molar-refractivity contribution in [2.75, 3.05) is 11.9 Å². The predicted octanol–water partition coefficient (Wildman–Crippen LogP) is 4.50. The van der Waals surface area contributed by atoms with E-state index in [4.69, 9.17) is 9.15 Å². The second-order valence-electron chi connectivity index (χ2n) is 6.99. The molecular weight excluding hydrogens is 368 g/mol. The van der Waals surface area contributed by atoms with Gasteiger partial charge in [-0.2, -0.15) is 0 Å². The number of furan rings is 1. The van der Waals surface area contributed by atoms with Gasteiger partial charge in [-0.1, -0.05) is 26.0 Å². The fourth-order valence-electron chi connectivity index (χ4n) is 2.63. The van der Waals surface area contributed by atoms with Crippen LogP contribution in [-0.4, -0.2) is 18.4 Å². The first kappa shape index (κ1) is 20.2. The van der Waals surface area contributed by atoms with Gasteiger partial charge in [0.25, 0.3) is 11.8 Å². The summed E-state index contributed by atoms with van der Waals surface area (Å²) in [4.78, 5) is 25.1. The zero-order valence-corrected chi connectivity index (χ0v) is 16.5. The van der Waals surface area contributed by atoms with Gasteiger partial charge in [0, 0.05) is 5.56 Å². The van der Waals surface area contributed by atoms with Crippen molar-refractivity contribution in [3.8, 4) is 5.75 Å². The third-order valence-electron chi connectivity index (χ3n) is 4.12. The number of rotatable bonds is 8. The van der Waals surface area contributed by atoms with E-state index in [1.165, 1.54) is 0 Å². The molecule has 0 fully saturated rings. The number of para-hydroxylation sites is 1. The number of carbonyl (C=O) groups excluding carboxylic acids is 2. The van der Waals surface area contributed by atoms with E-state index in [0.29, 0.717) is 40.8 Å². The molecule has 0 aliphatic rings. The molecule has 6 heteroatoms. The first-order valence-electron chi connectivity index (χ1n) is 9.46. The molecule has 1 heterocycles. The van der Waals surface area contributed by atoms with Gasteiger partial charge in [-0.05, 0) is 54.4 Å². The van der Waals surface area contributed by atoms with Crippen molar-refractivity contribution in [3.63, 3.8) is 0 Å². The highest BCUT2D eigenvalue weighted by Gasteiger charge is 2.14. The van der Waals surface area contributed by atoms with Crippen LogP contribution in [0.2, 0.25) is 0 Å². The predicted molar refractivity (Wildman–Crippen MR) is 111 cm³/mol. The third-order valence-corrected chi connectivity index (χ3v) is 4.12. The van der Waals surface area contributed by atoms with Gasteiger partial charge in [0.05, 0.1) is 30.7 Å². The summed E-state index contributed by atoms with van der Waals surface area (Å²) >= 11 is 0. The second-order valence-corrected chi connectivity index (χ2v) is 6.99. The summed E-state index contributed by atoms with van der Waals surface area (Å²) in [6.45, 7) is 5.03. The van der Waals surface area contributed by atoms with Gasteiger partial charge < -0.3 is 19.8 Å². The minimum atomic E-state index is -0.299. The van der Waals surface area contributed by atoms with Crippen LogP contribution in [0.4, 0.5) is 5.69 Å². The Bertz CT molecular complexity index is 947. The fraction of sp³-hybridized carbons (Fsp3) is 0.217. The molecule has 3 rings (SSSR count). The Morgan fingerprint density at radius 2 is 1.72 bits per heavy atom. The minimum Gasteiger partial charge on any atom is -0.493 e. The molecule has 6 nitrogen and oxygen atoms in total. The van der Waals surface area contributed by atoms with E-state index in [-0.39, 0.29) is 18.4 Å². The normalized spacial score (nSPS) is 10.6. The lowest BCUT2D eigenvalue weighted by atomic mass is 10.1. The van der Waals surface area contributed by atoms with Gasteiger partial charge in [-0.3, -0.25) is 9.59 Å². The van der Waals surface area contributed by atoms with Gasteiger partial charge in [0.15, 0.2) is 0 Å². The van der Waals surface area contributed by atoms with Crippen molar-refractivity contribution in [2.45, 2.75) is 20.4 Å². The molecule has 0 bridgehead atoms. The molecule has 3 aromatic rings. The summed E-state index contributed by atoms with van der Waals surface area (Å²) < 4.78 is 10.9. The largest absolute Gasteiger partial charge is 0.493 e. The Labute approximate surface area is 169 Å². The number of amides is 2. The maximum atomic E-state index is 12.6. The van der Waals surface area contributed by atoms with Crippen LogP contribution in [0.15, 0.2) is 71.3 Å². The highest BCUT2D eigenvalue weighted by molar-refractivity contribution is 6.09. The Kier molecular flexibility index (Phi) is 6.68. The molecule has 2 aromatic carbocycles. The summed E-state index contributed by atoms with van der Waals surface area (Å²) in [7, 11) is 0. The van der Waals surface area contributed by atoms with Crippen LogP contribution in [0.5, 0.6) is 5.75 Å². The average Bonchev–Trinajstić information content (AvgIpc) is 3.25.